The fourth-order valence-corrected chi connectivity index (χ4v) is 5.22. The first-order valence-corrected chi connectivity index (χ1v) is 11.6. The summed E-state index contributed by atoms with van der Waals surface area (Å²) in [6.45, 7) is 4.33. The summed E-state index contributed by atoms with van der Waals surface area (Å²) in [5.74, 6) is 0.641. The number of benzene rings is 1. The first-order valence-electron chi connectivity index (χ1n) is 9.70. The maximum atomic E-state index is 11.7. The first kappa shape index (κ1) is 19.8. The van der Waals surface area contributed by atoms with E-state index < -0.39 is 10.0 Å². The molecule has 26 heavy (non-hydrogen) atoms. The van der Waals surface area contributed by atoms with Crippen LogP contribution < -0.4 is 10.0 Å². The van der Waals surface area contributed by atoms with Crippen LogP contribution in [0, 0.1) is 5.41 Å². The summed E-state index contributed by atoms with van der Waals surface area (Å²) >= 11 is 0. The van der Waals surface area contributed by atoms with Crippen molar-refractivity contribution in [3.8, 4) is 0 Å². The van der Waals surface area contributed by atoms with E-state index in [-0.39, 0.29) is 17.6 Å². The third-order valence-corrected chi connectivity index (χ3v) is 6.64. The van der Waals surface area contributed by atoms with Gasteiger partial charge in [-0.15, -0.1) is 0 Å². The number of piperidine rings is 1. The van der Waals surface area contributed by atoms with Gasteiger partial charge in [0.25, 0.3) is 0 Å². The standard InChI is InChI=1S/C20H32N2O3S/c1-20(14-21-13-12-19(20)22-26(2,23)24)15-25-18-10-8-17(9-11-18)16-6-4-3-5-7-16/h3-7,17-19,21-22H,8-15H2,1-2H3/t17?,18?,19-,20-/m0/s1. The molecule has 146 valence electrons. The highest BCUT2D eigenvalue weighted by Gasteiger charge is 2.39. The number of hydrogen-bond donors (Lipinski definition) is 2. The van der Waals surface area contributed by atoms with Gasteiger partial charge in [-0.1, -0.05) is 37.3 Å². The fourth-order valence-electron chi connectivity index (χ4n) is 4.30. The summed E-state index contributed by atoms with van der Waals surface area (Å²) in [6.07, 6.45) is 6.80. The molecular formula is C20H32N2O3S. The van der Waals surface area contributed by atoms with Gasteiger partial charge < -0.3 is 10.1 Å². The summed E-state index contributed by atoms with van der Waals surface area (Å²) in [5.41, 5.74) is 1.23. The van der Waals surface area contributed by atoms with Crippen LogP contribution in [0.4, 0.5) is 0 Å². The van der Waals surface area contributed by atoms with E-state index in [0.717, 1.165) is 45.2 Å². The average Bonchev–Trinajstić information content (AvgIpc) is 2.62. The Hall–Kier alpha value is -0.950. The summed E-state index contributed by atoms with van der Waals surface area (Å²) in [7, 11) is -3.21. The number of ether oxygens (including phenoxy) is 1. The van der Waals surface area contributed by atoms with Crippen LogP contribution >= 0.6 is 0 Å². The van der Waals surface area contributed by atoms with Crippen molar-refractivity contribution in [1.29, 1.82) is 0 Å². The van der Waals surface area contributed by atoms with Gasteiger partial charge in [-0.3, -0.25) is 0 Å². The van der Waals surface area contributed by atoms with Gasteiger partial charge in [0.1, 0.15) is 0 Å². The molecule has 0 unspecified atom stereocenters. The highest BCUT2D eigenvalue weighted by atomic mass is 32.2. The lowest BCUT2D eigenvalue weighted by atomic mass is 9.79. The Bertz CT molecular complexity index is 672. The van der Waals surface area contributed by atoms with Crippen LogP contribution in [-0.4, -0.2) is 46.5 Å². The Kier molecular flexibility index (Phi) is 6.38. The fraction of sp³-hybridized carbons (Fsp3) is 0.700. The minimum atomic E-state index is -3.21. The molecule has 1 saturated carbocycles. The Morgan fingerprint density at radius 1 is 1.15 bits per heavy atom. The van der Waals surface area contributed by atoms with Crippen LogP contribution in [0.5, 0.6) is 0 Å². The minimum absolute atomic E-state index is 0.0700. The van der Waals surface area contributed by atoms with Crippen LogP contribution in [0.15, 0.2) is 30.3 Å². The highest BCUT2D eigenvalue weighted by molar-refractivity contribution is 7.88. The molecule has 1 aliphatic heterocycles. The molecule has 2 fully saturated rings. The Balaban J connectivity index is 1.51. The predicted octanol–water partition coefficient (Wildman–Crippen LogP) is 2.65. The van der Waals surface area contributed by atoms with Crippen molar-refractivity contribution in [3.63, 3.8) is 0 Å². The second-order valence-corrected chi connectivity index (χ2v) is 10.0. The molecule has 0 bridgehead atoms. The molecule has 1 aromatic carbocycles. The SMILES string of the molecule is C[C@@]1(COC2CCC(c3ccccc3)CC2)CNCC[C@@H]1NS(C)(=O)=O. The lowest BCUT2D eigenvalue weighted by molar-refractivity contribution is -0.0376. The summed E-state index contributed by atoms with van der Waals surface area (Å²) in [6, 6.07) is 10.7. The van der Waals surface area contributed by atoms with Crippen molar-refractivity contribution in [3.05, 3.63) is 35.9 Å². The van der Waals surface area contributed by atoms with E-state index >= 15 is 0 Å². The summed E-state index contributed by atoms with van der Waals surface area (Å²) < 4.78 is 32.5. The largest absolute Gasteiger partial charge is 0.378 e. The van der Waals surface area contributed by atoms with Crippen LogP contribution in [0.25, 0.3) is 0 Å². The molecule has 2 N–H and O–H groups in total. The molecule has 1 aromatic rings. The molecule has 0 radical (unpaired) electrons. The van der Waals surface area contributed by atoms with Crippen LogP contribution in [0.2, 0.25) is 0 Å². The quantitative estimate of drug-likeness (QED) is 0.796. The monoisotopic (exact) mass is 380 g/mol. The number of nitrogens with one attached hydrogen (secondary N) is 2. The third-order valence-electron chi connectivity index (χ3n) is 5.93. The van der Waals surface area contributed by atoms with E-state index in [1.165, 1.54) is 11.8 Å². The van der Waals surface area contributed by atoms with Crippen molar-refractivity contribution < 1.29 is 13.2 Å². The normalized spacial score (nSPS) is 33.1. The predicted molar refractivity (Wildman–Crippen MR) is 105 cm³/mol. The van der Waals surface area contributed by atoms with Gasteiger partial charge >= 0.3 is 0 Å². The lowest BCUT2D eigenvalue weighted by Crippen LogP contribution is -2.57. The maximum absolute atomic E-state index is 11.7. The van der Waals surface area contributed by atoms with Crippen LogP contribution in [-0.2, 0) is 14.8 Å². The zero-order valence-corrected chi connectivity index (χ0v) is 16.7. The second-order valence-electron chi connectivity index (χ2n) is 8.26. The average molecular weight is 381 g/mol. The van der Waals surface area contributed by atoms with Gasteiger partial charge in [0, 0.05) is 18.0 Å². The smallest absolute Gasteiger partial charge is 0.208 e. The number of rotatable bonds is 6. The number of sulfonamides is 1. The van der Waals surface area contributed by atoms with Crippen LogP contribution in [0.1, 0.15) is 50.5 Å². The Morgan fingerprint density at radius 3 is 2.50 bits per heavy atom. The highest BCUT2D eigenvalue weighted by Crippen LogP contribution is 2.35. The number of hydrogen-bond acceptors (Lipinski definition) is 4. The van der Waals surface area contributed by atoms with Crippen molar-refractivity contribution in [2.45, 2.75) is 57.1 Å². The van der Waals surface area contributed by atoms with E-state index in [2.05, 4.69) is 47.3 Å². The van der Waals surface area contributed by atoms with Crippen molar-refractivity contribution in [1.82, 2.24) is 10.0 Å². The first-order chi connectivity index (χ1) is 12.4. The van der Waals surface area contributed by atoms with Gasteiger partial charge in [-0.25, -0.2) is 13.1 Å². The molecular weight excluding hydrogens is 348 g/mol. The molecule has 1 heterocycles. The van der Waals surface area contributed by atoms with Gasteiger partial charge in [0.2, 0.25) is 10.0 Å². The molecule has 1 saturated heterocycles. The van der Waals surface area contributed by atoms with Crippen LogP contribution in [0.3, 0.4) is 0 Å². The molecule has 6 heteroatoms. The van der Waals surface area contributed by atoms with E-state index in [1.807, 2.05) is 0 Å². The molecule has 2 atom stereocenters. The lowest BCUT2D eigenvalue weighted by Gasteiger charge is -2.42. The molecule has 5 nitrogen and oxygen atoms in total. The summed E-state index contributed by atoms with van der Waals surface area (Å²) in [4.78, 5) is 0. The minimum Gasteiger partial charge on any atom is -0.378 e. The van der Waals surface area contributed by atoms with Crippen molar-refractivity contribution >= 4 is 10.0 Å². The molecule has 0 amide bonds. The van der Waals surface area contributed by atoms with Gasteiger partial charge in [0.15, 0.2) is 0 Å². The topological polar surface area (TPSA) is 67.4 Å². The summed E-state index contributed by atoms with van der Waals surface area (Å²) in [5, 5.41) is 3.39. The zero-order chi connectivity index (χ0) is 18.6. The van der Waals surface area contributed by atoms with Crippen molar-refractivity contribution in [2.75, 3.05) is 26.0 Å². The van der Waals surface area contributed by atoms with Gasteiger partial charge in [-0.2, -0.15) is 0 Å². The molecule has 3 rings (SSSR count). The second kappa shape index (κ2) is 8.38. The zero-order valence-electron chi connectivity index (χ0n) is 15.9. The van der Waals surface area contributed by atoms with E-state index in [0.29, 0.717) is 12.5 Å². The van der Waals surface area contributed by atoms with Gasteiger partial charge in [-0.05, 0) is 50.1 Å². The molecule has 0 spiro atoms. The van der Waals surface area contributed by atoms with E-state index in [9.17, 15) is 8.42 Å². The molecule has 0 aromatic heterocycles. The van der Waals surface area contributed by atoms with Crippen molar-refractivity contribution in [2.24, 2.45) is 5.41 Å². The Morgan fingerprint density at radius 2 is 1.85 bits per heavy atom. The third kappa shape index (κ3) is 5.28. The van der Waals surface area contributed by atoms with E-state index in [4.69, 9.17) is 4.74 Å². The Labute approximate surface area is 158 Å². The molecule has 2 aliphatic rings. The molecule has 1 aliphatic carbocycles. The van der Waals surface area contributed by atoms with Gasteiger partial charge in [0.05, 0.1) is 19.0 Å². The maximum Gasteiger partial charge on any atom is 0.208 e. The van der Waals surface area contributed by atoms with E-state index in [1.54, 1.807) is 0 Å².